The van der Waals surface area contributed by atoms with Crippen LogP contribution in [0.2, 0.25) is 0 Å². The average Bonchev–Trinajstić information content (AvgIpc) is 3.40. The van der Waals surface area contributed by atoms with Gasteiger partial charge < -0.3 is 38.5 Å². The maximum atomic E-state index is 12.0. The predicted molar refractivity (Wildman–Crippen MR) is 136 cm³/mol. The molecule has 1 saturated heterocycles. The summed E-state index contributed by atoms with van der Waals surface area (Å²) in [6.45, 7) is 6.06. The zero-order chi connectivity index (χ0) is 26.1. The quantitative estimate of drug-likeness (QED) is 0.305. The topological polar surface area (TPSA) is 93.7 Å². The van der Waals surface area contributed by atoms with Crippen LogP contribution in [0.15, 0.2) is 36.9 Å². The number of ether oxygens (including phenoxy) is 7. The van der Waals surface area contributed by atoms with Crippen LogP contribution in [0.3, 0.4) is 0 Å². The van der Waals surface area contributed by atoms with E-state index in [1.54, 1.807) is 41.4 Å². The molecule has 0 radical (unpaired) electrons. The Labute approximate surface area is 212 Å². The summed E-state index contributed by atoms with van der Waals surface area (Å²) >= 11 is 0. The fraction of sp³-hybridized carbons (Fsp3) is 0.444. The Balaban J connectivity index is 1.89. The van der Waals surface area contributed by atoms with Gasteiger partial charge in [0, 0.05) is 0 Å². The van der Waals surface area contributed by atoms with Gasteiger partial charge in [0.2, 0.25) is 5.75 Å². The van der Waals surface area contributed by atoms with E-state index in [-0.39, 0.29) is 31.3 Å². The molecule has 2 aromatic rings. The van der Waals surface area contributed by atoms with Crippen molar-refractivity contribution in [3.05, 3.63) is 48.0 Å². The van der Waals surface area contributed by atoms with Gasteiger partial charge in [-0.25, -0.2) is 0 Å². The van der Waals surface area contributed by atoms with Gasteiger partial charge in [-0.2, -0.15) is 0 Å². The second-order valence-electron chi connectivity index (χ2n) is 8.01. The normalized spacial score (nSPS) is 16.7. The number of anilines is 1. The van der Waals surface area contributed by atoms with E-state index in [4.69, 9.17) is 33.2 Å². The highest BCUT2D eigenvalue weighted by Crippen LogP contribution is 2.48. The summed E-state index contributed by atoms with van der Waals surface area (Å²) in [6.07, 6.45) is 2.87. The van der Waals surface area contributed by atoms with Gasteiger partial charge in [0.25, 0.3) is 0 Å². The monoisotopic (exact) mass is 501 g/mol. The lowest BCUT2D eigenvalue weighted by molar-refractivity contribution is -0.140. The van der Waals surface area contributed by atoms with Crippen molar-refractivity contribution in [2.24, 2.45) is 0 Å². The molecule has 0 aromatic heterocycles. The molecule has 0 saturated carbocycles. The molecule has 2 aromatic carbocycles. The lowest BCUT2D eigenvalue weighted by Crippen LogP contribution is -2.17. The van der Waals surface area contributed by atoms with Crippen molar-refractivity contribution in [2.75, 3.05) is 53.5 Å². The number of rotatable bonds is 13. The SMILES string of the molecule is C=CCOc1c(NCC(=O)OCC)cc(C2CCC(c3cc(OC)c(OC)c(OC)c3)O2)cc1OC. The first-order valence-corrected chi connectivity index (χ1v) is 11.8. The van der Waals surface area contributed by atoms with Crippen LogP contribution in [-0.4, -0.2) is 54.2 Å². The summed E-state index contributed by atoms with van der Waals surface area (Å²) in [4.78, 5) is 12.0. The second kappa shape index (κ2) is 12.9. The molecule has 3 rings (SSSR count). The van der Waals surface area contributed by atoms with Gasteiger partial charge in [0.15, 0.2) is 23.0 Å². The van der Waals surface area contributed by atoms with Crippen molar-refractivity contribution in [1.82, 2.24) is 0 Å². The minimum atomic E-state index is -0.365. The maximum absolute atomic E-state index is 12.0. The fourth-order valence-electron chi connectivity index (χ4n) is 4.18. The lowest BCUT2D eigenvalue weighted by atomic mass is 10.0. The first-order valence-electron chi connectivity index (χ1n) is 11.8. The molecule has 1 fully saturated rings. The van der Waals surface area contributed by atoms with Gasteiger partial charge in [-0.05, 0) is 55.2 Å². The molecule has 36 heavy (non-hydrogen) atoms. The third-order valence-electron chi connectivity index (χ3n) is 5.82. The summed E-state index contributed by atoms with van der Waals surface area (Å²) in [5.41, 5.74) is 2.45. The van der Waals surface area contributed by atoms with Crippen LogP contribution in [0, 0.1) is 0 Å². The Morgan fingerprint density at radius 2 is 1.50 bits per heavy atom. The lowest BCUT2D eigenvalue weighted by Gasteiger charge is -2.21. The van der Waals surface area contributed by atoms with Crippen molar-refractivity contribution in [2.45, 2.75) is 32.0 Å². The number of benzene rings is 2. The minimum absolute atomic E-state index is 0.00944. The van der Waals surface area contributed by atoms with E-state index < -0.39 is 0 Å². The molecular formula is C27H35NO8. The largest absolute Gasteiger partial charge is 0.493 e. The Morgan fingerprint density at radius 3 is 2.00 bits per heavy atom. The van der Waals surface area contributed by atoms with Crippen LogP contribution in [-0.2, 0) is 14.3 Å². The molecule has 0 aliphatic carbocycles. The summed E-state index contributed by atoms with van der Waals surface area (Å²) in [7, 11) is 6.33. The molecule has 196 valence electrons. The third kappa shape index (κ3) is 6.15. The summed E-state index contributed by atoms with van der Waals surface area (Å²) in [6, 6.07) is 7.64. The van der Waals surface area contributed by atoms with Crippen LogP contribution < -0.4 is 29.0 Å². The molecule has 1 N–H and O–H groups in total. The van der Waals surface area contributed by atoms with E-state index in [9.17, 15) is 4.79 Å². The Bertz CT molecular complexity index is 1030. The predicted octanol–water partition coefficient (Wildman–Crippen LogP) is 4.85. The van der Waals surface area contributed by atoms with E-state index >= 15 is 0 Å². The maximum Gasteiger partial charge on any atom is 0.325 e. The average molecular weight is 502 g/mol. The number of nitrogens with one attached hydrogen (secondary N) is 1. The zero-order valence-electron chi connectivity index (χ0n) is 21.6. The van der Waals surface area contributed by atoms with Crippen LogP contribution in [0.4, 0.5) is 5.69 Å². The number of hydrogen-bond donors (Lipinski definition) is 1. The molecule has 9 heteroatoms. The minimum Gasteiger partial charge on any atom is -0.493 e. The number of carbonyl (C=O) groups is 1. The van der Waals surface area contributed by atoms with E-state index in [0.717, 1.165) is 24.0 Å². The Morgan fingerprint density at radius 1 is 0.944 bits per heavy atom. The zero-order valence-corrected chi connectivity index (χ0v) is 21.6. The molecule has 0 amide bonds. The van der Waals surface area contributed by atoms with Crippen LogP contribution in [0.25, 0.3) is 0 Å². The molecule has 0 bridgehead atoms. The smallest absolute Gasteiger partial charge is 0.325 e. The Hall–Kier alpha value is -3.59. The van der Waals surface area contributed by atoms with E-state index in [1.165, 1.54) is 0 Å². The van der Waals surface area contributed by atoms with Crippen LogP contribution >= 0.6 is 0 Å². The summed E-state index contributed by atoms with van der Waals surface area (Å²) < 4.78 is 39.4. The van der Waals surface area contributed by atoms with Gasteiger partial charge >= 0.3 is 5.97 Å². The van der Waals surface area contributed by atoms with Crippen LogP contribution in [0.5, 0.6) is 28.7 Å². The fourth-order valence-corrected chi connectivity index (χ4v) is 4.18. The number of carbonyl (C=O) groups excluding carboxylic acids is 1. The molecule has 1 heterocycles. The van der Waals surface area contributed by atoms with Gasteiger partial charge in [-0.3, -0.25) is 4.79 Å². The Kier molecular flexibility index (Phi) is 9.69. The van der Waals surface area contributed by atoms with E-state index in [0.29, 0.717) is 41.0 Å². The molecule has 2 atom stereocenters. The van der Waals surface area contributed by atoms with E-state index in [1.807, 2.05) is 24.3 Å². The first kappa shape index (κ1) is 27.0. The van der Waals surface area contributed by atoms with Crippen molar-refractivity contribution in [1.29, 1.82) is 0 Å². The number of hydrogen-bond acceptors (Lipinski definition) is 9. The summed E-state index contributed by atoms with van der Waals surface area (Å²) in [5.74, 6) is 2.35. The van der Waals surface area contributed by atoms with Gasteiger partial charge in [-0.15, -0.1) is 0 Å². The van der Waals surface area contributed by atoms with Crippen molar-refractivity contribution in [3.63, 3.8) is 0 Å². The third-order valence-corrected chi connectivity index (χ3v) is 5.82. The molecule has 0 spiro atoms. The van der Waals surface area contributed by atoms with Gasteiger partial charge in [0.05, 0.1) is 52.9 Å². The van der Waals surface area contributed by atoms with Crippen LogP contribution in [0.1, 0.15) is 43.1 Å². The molecular weight excluding hydrogens is 466 g/mol. The standard InChI is InChI=1S/C27H35NO8/c1-7-11-35-26-19(28-16-25(29)34-8-2)12-17(13-22(26)30-3)20-9-10-21(36-20)18-14-23(31-4)27(33-6)24(15-18)32-5/h7,12-15,20-21,28H,1,8-11,16H2,2-6H3. The van der Waals surface area contributed by atoms with Crippen molar-refractivity contribution >= 4 is 11.7 Å². The second-order valence-corrected chi connectivity index (χ2v) is 8.01. The molecule has 1 aliphatic heterocycles. The highest BCUT2D eigenvalue weighted by atomic mass is 16.5. The van der Waals surface area contributed by atoms with E-state index in [2.05, 4.69) is 11.9 Å². The van der Waals surface area contributed by atoms with Crippen molar-refractivity contribution < 1.29 is 38.0 Å². The van der Waals surface area contributed by atoms with Crippen molar-refractivity contribution in [3.8, 4) is 28.7 Å². The molecule has 1 aliphatic rings. The first-order chi connectivity index (χ1) is 17.5. The molecule has 2 unspecified atom stereocenters. The number of methoxy groups -OCH3 is 4. The number of esters is 1. The summed E-state index contributed by atoms with van der Waals surface area (Å²) in [5, 5.41) is 3.11. The highest BCUT2D eigenvalue weighted by molar-refractivity contribution is 5.77. The van der Waals surface area contributed by atoms with Gasteiger partial charge in [-0.1, -0.05) is 12.7 Å². The molecule has 9 nitrogen and oxygen atoms in total. The highest BCUT2D eigenvalue weighted by Gasteiger charge is 2.31. The van der Waals surface area contributed by atoms with Gasteiger partial charge in [0.1, 0.15) is 13.2 Å².